The average molecular weight is 317 g/mol. The van der Waals surface area contributed by atoms with Gasteiger partial charge in [0.15, 0.2) is 0 Å². The number of hydrogen-bond acceptors (Lipinski definition) is 4. The molecule has 1 aromatic heterocycles. The molecule has 0 aromatic carbocycles. The molecule has 126 valence electrons. The van der Waals surface area contributed by atoms with Crippen LogP contribution in [0, 0.1) is 11.8 Å². The molecule has 1 aliphatic heterocycles. The van der Waals surface area contributed by atoms with Gasteiger partial charge in [0, 0.05) is 43.8 Å². The Bertz CT molecular complexity index is 561. The van der Waals surface area contributed by atoms with Gasteiger partial charge in [0.25, 0.3) is 5.91 Å². The van der Waals surface area contributed by atoms with Gasteiger partial charge in [-0.2, -0.15) is 0 Å². The van der Waals surface area contributed by atoms with Crippen molar-refractivity contribution in [1.29, 1.82) is 0 Å². The van der Waals surface area contributed by atoms with Crippen LogP contribution < -0.4 is 5.73 Å². The van der Waals surface area contributed by atoms with E-state index < -0.39 is 11.5 Å². The van der Waals surface area contributed by atoms with Crippen LogP contribution in [0.4, 0.5) is 0 Å². The Labute approximate surface area is 138 Å². The molecule has 1 unspecified atom stereocenters. The van der Waals surface area contributed by atoms with Gasteiger partial charge in [0.1, 0.15) is 11.3 Å². The highest BCUT2D eigenvalue weighted by molar-refractivity contribution is 5.92. The third-order valence-corrected chi connectivity index (χ3v) is 5.61. The zero-order valence-electron chi connectivity index (χ0n) is 14.1. The quantitative estimate of drug-likeness (QED) is 0.903. The topological polar surface area (TPSA) is 68.4 Å². The van der Waals surface area contributed by atoms with Gasteiger partial charge >= 0.3 is 0 Å². The summed E-state index contributed by atoms with van der Waals surface area (Å²) in [6, 6.07) is 3.87. The van der Waals surface area contributed by atoms with Gasteiger partial charge in [0.2, 0.25) is 0 Å². The number of piperidine rings is 1. The van der Waals surface area contributed by atoms with Gasteiger partial charge in [-0.3, -0.25) is 9.78 Å². The molecule has 1 saturated heterocycles. The highest BCUT2D eigenvalue weighted by atomic mass is 16.5. The molecular weight excluding hydrogens is 290 g/mol. The molecule has 1 aromatic rings. The van der Waals surface area contributed by atoms with Crippen LogP contribution in [-0.4, -0.2) is 42.5 Å². The Kier molecular flexibility index (Phi) is 4.69. The number of carbonyl (C=O) groups is 1. The molecule has 1 amide bonds. The summed E-state index contributed by atoms with van der Waals surface area (Å²) in [4.78, 5) is 18.7. The molecule has 3 atom stereocenters. The molecule has 2 bridgehead atoms. The van der Waals surface area contributed by atoms with Crippen molar-refractivity contribution in [2.45, 2.75) is 38.2 Å². The number of primary amides is 1. The van der Waals surface area contributed by atoms with E-state index in [0.717, 1.165) is 38.0 Å². The predicted octanol–water partition coefficient (Wildman–Crippen LogP) is 2.16. The Morgan fingerprint density at radius 3 is 2.70 bits per heavy atom. The van der Waals surface area contributed by atoms with Crippen molar-refractivity contribution in [3.8, 4) is 0 Å². The van der Waals surface area contributed by atoms with Gasteiger partial charge in [-0.05, 0) is 31.9 Å². The van der Waals surface area contributed by atoms with Gasteiger partial charge in [0.05, 0.1) is 0 Å². The van der Waals surface area contributed by atoms with Crippen LogP contribution in [0.1, 0.15) is 48.7 Å². The van der Waals surface area contributed by atoms with Crippen LogP contribution in [-0.2, 0) is 10.3 Å². The third kappa shape index (κ3) is 2.66. The highest BCUT2D eigenvalue weighted by Gasteiger charge is 2.54. The molecular formula is C18H27N3O2. The largest absolute Gasteiger partial charge is 0.373 e. The first-order chi connectivity index (χ1) is 11.1. The maximum atomic E-state index is 11.9. The van der Waals surface area contributed by atoms with Crippen LogP contribution in [0.25, 0.3) is 0 Å². The molecule has 5 nitrogen and oxygen atoms in total. The zero-order valence-corrected chi connectivity index (χ0v) is 14.1. The number of fused-ring (bicyclic) bond motifs is 2. The first kappa shape index (κ1) is 16.4. The number of ether oxygens (including phenoxy) is 1. The van der Waals surface area contributed by atoms with Crippen LogP contribution in [0.5, 0.6) is 0 Å². The second kappa shape index (κ2) is 6.57. The molecule has 2 aliphatic rings. The number of nitrogens with zero attached hydrogens (tertiary/aromatic N) is 2. The number of pyridine rings is 1. The lowest BCUT2D eigenvalue weighted by Gasteiger charge is -2.55. The van der Waals surface area contributed by atoms with Crippen molar-refractivity contribution >= 4 is 5.91 Å². The molecule has 1 saturated carbocycles. The van der Waals surface area contributed by atoms with Crippen molar-refractivity contribution in [2.75, 3.05) is 26.7 Å². The standard InChI is InChI=1S/C18H27N3O2/c1-3-10-21-11-13-6-4-7-14(12-21)18(13,23-2)15-8-5-9-20-16(15)17(19)22/h5,8-9,13-14H,3-4,6-7,10-12H2,1-2H3,(H2,19,22)/t13-,14+,18?. The summed E-state index contributed by atoms with van der Waals surface area (Å²) < 4.78 is 6.17. The fourth-order valence-corrected chi connectivity index (χ4v) is 4.82. The lowest BCUT2D eigenvalue weighted by Crippen LogP contribution is -2.59. The van der Waals surface area contributed by atoms with Gasteiger partial charge in [-0.1, -0.05) is 19.4 Å². The summed E-state index contributed by atoms with van der Waals surface area (Å²) in [5.41, 5.74) is 6.42. The molecule has 2 heterocycles. The maximum absolute atomic E-state index is 11.9. The lowest BCUT2D eigenvalue weighted by atomic mass is 9.62. The molecule has 0 radical (unpaired) electrons. The Hall–Kier alpha value is -1.46. The van der Waals surface area contributed by atoms with E-state index >= 15 is 0 Å². The maximum Gasteiger partial charge on any atom is 0.267 e. The second-order valence-corrected chi connectivity index (χ2v) is 6.85. The fourth-order valence-electron chi connectivity index (χ4n) is 4.82. The number of methoxy groups -OCH3 is 1. The van der Waals surface area contributed by atoms with E-state index in [9.17, 15) is 4.79 Å². The van der Waals surface area contributed by atoms with E-state index in [-0.39, 0.29) is 0 Å². The molecule has 23 heavy (non-hydrogen) atoms. The zero-order chi connectivity index (χ0) is 16.4. The smallest absolute Gasteiger partial charge is 0.267 e. The molecule has 2 N–H and O–H groups in total. The first-order valence-corrected chi connectivity index (χ1v) is 8.66. The molecule has 3 rings (SSSR count). The number of carbonyl (C=O) groups excluding carboxylic acids is 1. The summed E-state index contributed by atoms with van der Waals surface area (Å²) in [5, 5.41) is 0. The van der Waals surface area contributed by atoms with E-state index in [1.54, 1.807) is 13.3 Å². The summed E-state index contributed by atoms with van der Waals surface area (Å²) in [6.45, 7) is 5.39. The number of rotatable bonds is 5. The van der Waals surface area contributed by atoms with E-state index in [1.807, 2.05) is 12.1 Å². The fraction of sp³-hybridized carbons (Fsp3) is 0.667. The van der Waals surface area contributed by atoms with E-state index in [0.29, 0.717) is 17.5 Å². The van der Waals surface area contributed by atoms with Crippen LogP contribution in [0.15, 0.2) is 18.3 Å². The van der Waals surface area contributed by atoms with Crippen LogP contribution in [0.3, 0.4) is 0 Å². The van der Waals surface area contributed by atoms with Gasteiger partial charge in [-0.15, -0.1) is 0 Å². The Morgan fingerprint density at radius 2 is 2.13 bits per heavy atom. The summed E-state index contributed by atoms with van der Waals surface area (Å²) in [7, 11) is 1.78. The number of hydrogen-bond donors (Lipinski definition) is 1. The Morgan fingerprint density at radius 1 is 1.43 bits per heavy atom. The molecule has 5 heteroatoms. The summed E-state index contributed by atoms with van der Waals surface area (Å²) >= 11 is 0. The Balaban J connectivity index is 2.06. The summed E-state index contributed by atoms with van der Waals surface area (Å²) in [6.07, 6.45) is 6.27. The van der Waals surface area contributed by atoms with Crippen molar-refractivity contribution in [3.05, 3.63) is 29.6 Å². The van der Waals surface area contributed by atoms with E-state index in [4.69, 9.17) is 10.5 Å². The van der Waals surface area contributed by atoms with Crippen molar-refractivity contribution < 1.29 is 9.53 Å². The van der Waals surface area contributed by atoms with Crippen LogP contribution >= 0.6 is 0 Å². The molecule has 1 aliphatic carbocycles. The van der Waals surface area contributed by atoms with E-state index in [1.165, 1.54) is 12.8 Å². The first-order valence-electron chi connectivity index (χ1n) is 8.66. The monoisotopic (exact) mass is 317 g/mol. The third-order valence-electron chi connectivity index (χ3n) is 5.61. The van der Waals surface area contributed by atoms with Crippen molar-refractivity contribution in [3.63, 3.8) is 0 Å². The normalized spacial score (nSPS) is 31.0. The lowest BCUT2D eigenvalue weighted by molar-refractivity contribution is -0.169. The SMILES string of the molecule is CCCN1C[C@H]2CCC[C@@H](C1)C2(OC)c1cccnc1C(N)=O. The summed E-state index contributed by atoms with van der Waals surface area (Å²) in [5.74, 6) is 0.300. The number of nitrogens with two attached hydrogens (primary N) is 1. The highest BCUT2D eigenvalue weighted by Crippen LogP contribution is 2.52. The number of likely N-dealkylation sites (tertiary alicyclic amines) is 1. The minimum Gasteiger partial charge on any atom is -0.373 e. The predicted molar refractivity (Wildman–Crippen MR) is 89.0 cm³/mol. The number of amides is 1. The van der Waals surface area contributed by atoms with Gasteiger partial charge in [-0.25, -0.2) is 0 Å². The minimum atomic E-state index is -0.467. The van der Waals surface area contributed by atoms with Gasteiger partial charge < -0.3 is 15.4 Å². The minimum absolute atomic E-state index is 0.371. The number of aromatic nitrogens is 1. The van der Waals surface area contributed by atoms with E-state index in [2.05, 4.69) is 16.8 Å². The second-order valence-electron chi connectivity index (χ2n) is 6.85. The van der Waals surface area contributed by atoms with Crippen molar-refractivity contribution in [2.24, 2.45) is 17.6 Å². The average Bonchev–Trinajstić information content (AvgIpc) is 2.54. The molecule has 2 fully saturated rings. The molecule has 0 spiro atoms. The van der Waals surface area contributed by atoms with Crippen LogP contribution in [0.2, 0.25) is 0 Å². The van der Waals surface area contributed by atoms with Crippen molar-refractivity contribution in [1.82, 2.24) is 9.88 Å².